The Balaban J connectivity index is 1.83. The van der Waals surface area contributed by atoms with Gasteiger partial charge in [0.1, 0.15) is 5.82 Å². The van der Waals surface area contributed by atoms with Crippen LogP contribution in [-0.4, -0.2) is 28.2 Å². The molecule has 2 saturated heterocycles. The van der Waals surface area contributed by atoms with Gasteiger partial charge in [0.15, 0.2) is 0 Å². The van der Waals surface area contributed by atoms with Gasteiger partial charge in [-0.25, -0.2) is 4.98 Å². The third-order valence-corrected chi connectivity index (χ3v) is 3.52. The van der Waals surface area contributed by atoms with Gasteiger partial charge in [0.2, 0.25) is 5.82 Å². The molecule has 0 aliphatic carbocycles. The molecule has 3 heterocycles. The van der Waals surface area contributed by atoms with Gasteiger partial charge < -0.3 is 15.8 Å². The number of hydrogen-bond donors (Lipinski definition) is 2. The predicted molar refractivity (Wildman–Crippen MR) is 65.2 cm³/mol. The van der Waals surface area contributed by atoms with E-state index in [1.807, 2.05) is 0 Å². The molecule has 3 N–H and O–H groups in total. The molecular weight excluding hydrogens is 236 g/mol. The highest BCUT2D eigenvalue weighted by Gasteiger charge is 2.41. The number of pyridine rings is 1. The van der Waals surface area contributed by atoms with E-state index in [0.29, 0.717) is 0 Å². The molecule has 18 heavy (non-hydrogen) atoms. The lowest BCUT2D eigenvalue weighted by Gasteiger charge is -2.20. The van der Waals surface area contributed by atoms with Crippen LogP contribution in [0.5, 0.6) is 0 Å². The number of aromatic nitrogens is 1. The Morgan fingerprint density at radius 1 is 1.50 bits per heavy atom. The molecule has 1 aromatic heterocycles. The molecule has 96 valence electrons. The Hall–Kier alpha value is -1.89. The fraction of sp³-hybridized carbons (Fsp3) is 0.545. The van der Waals surface area contributed by atoms with Gasteiger partial charge >= 0.3 is 5.69 Å². The van der Waals surface area contributed by atoms with Crippen LogP contribution in [0.2, 0.25) is 0 Å². The molecule has 2 aliphatic rings. The summed E-state index contributed by atoms with van der Waals surface area (Å²) in [5, 5.41) is 14.0. The summed E-state index contributed by atoms with van der Waals surface area (Å²) < 4.78 is 5.70. The smallest absolute Gasteiger partial charge is 0.311 e. The summed E-state index contributed by atoms with van der Waals surface area (Å²) in [6.07, 6.45) is 3.37. The summed E-state index contributed by atoms with van der Waals surface area (Å²) in [4.78, 5) is 14.5. The first-order valence-corrected chi connectivity index (χ1v) is 5.96. The normalized spacial score (nSPS) is 29.4. The number of hydrogen-bond acceptors (Lipinski definition) is 6. The molecule has 2 bridgehead atoms. The Morgan fingerprint density at radius 3 is 2.94 bits per heavy atom. The van der Waals surface area contributed by atoms with Crippen LogP contribution in [0.4, 0.5) is 17.3 Å². The highest BCUT2D eigenvalue weighted by Crippen LogP contribution is 2.37. The molecule has 7 nitrogen and oxygen atoms in total. The van der Waals surface area contributed by atoms with Gasteiger partial charge in [-0.3, -0.25) is 10.1 Å². The van der Waals surface area contributed by atoms with Gasteiger partial charge in [0.25, 0.3) is 0 Å². The van der Waals surface area contributed by atoms with Crippen LogP contribution in [-0.2, 0) is 4.74 Å². The van der Waals surface area contributed by atoms with Gasteiger partial charge in [-0.2, -0.15) is 0 Å². The van der Waals surface area contributed by atoms with E-state index < -0.39 is 4.92 Å². The average Bonchev–Trinajstić information content (AvgIpc) is 2.90. The second-order valence-electron chi connectivity index (χ2n) is 4.72. The summed E-state index contributed by atoms with van der Waals surface area (Å²) in [6.45, 7) is 0. The number of anilines is 2. The lowest BCUT2D eigenvalue weighted by atomic mass is 9.95. The highest BCUT2D eigenvalue weighted by atomic mass is 16.6. The summed E-state index contributed by atoms with van der Waals surface area (Å²) in [7, 11) is 0. The average molecular weight is 250 g/mol. The van der Waals surface area contributed by atoms with Crippen molar-refractivity contribution in [2.24, 2.45) is 0 Å². The van der Waals surface area contributed by atoms with Crippen molar-refractivity contribution in [1.29, 1.82) is 0 Å². The first-order chi connectivity index (χ1) is 8.63. The zero-order valence-corrected chi connectivity index (χ0v) is 9.70. The Morgan fingerprint density at radius 2 is 2.33 bits per heavy atom. The van der Waals surface area contributed by atoms with Gasteiger partial charge in [0, 0.05) is 6.07 Å². The maximum Gasteiger partial charge on any atom is 0.311 e. The number of nitrogens with one attached hydrogen (secondary N) is 1. The molecule has 0 spiro atoms. The van der Waals surface area contributed by atoms with Crippen LogP contribution in [0, 0.1) is 10.1 Å². The number of nitro groups is 1. The summed E-state index contributed by atoms with van der Waals surface area (Å²) in [5.74, 6) is 0.508. The summed E-state index contributed by atoms with van der Waals surface area (Å²) in [6, 6.07) is 2.90. The van der Waals surface area contributed by atoms with Crippen LogP contribution >= 0.6 is 0 Å². The maximum absolute atomic E-state index is 10.9. The molecule has 0 radical (unpaired) electrons. The summed E-state index contributed by atoms with van der Waals surface area (Å²) in [5.41, 5.74) is 5.52. The fourth-order valence-corrected chi connectivity index (χ4v) is 2.69. The Bertz CT molecular complexity index is 493. The van der Waals surface area contributed by atoms with Gasteiger partial charge in [-0.1, -0.05) is 0 Å². The predicted octanol–water partition coefficient (Wildman–Crippen LogP) is 1.30. The quantitative estimate of drug-likeness (QED) is 0.619. The molecule has 1 aromatic rings. The minimum Gasteiger partial charge on any atom is -0.384 e. The highest BCUT2D eigenvalue weighted by molar-refractivity contribution is 5.59. The van der Waals surface area contributed by atoms with Gasteiger partial charge in [-0.15, -0.1) is 0 Å². The molecule has 2 aliphatic heterocycles. The molecule has 7 heteroatoms. The first kappa shape index (κ1) is 11.2. The minimum absolute atomic E-state index is 0.0491. The van der Waals surface area contributed by atoms with E-state index in [1.165, 1.54) is 12.1 Å². The van der Waals surface area contributed by atoms with Gasteiger partial charge in [0.05, 0.1) is 23.2 Å². The molecular formula is C11H14N4O3. The van der Waals surface area contributed by atoms with Crippen LogP contribution in [0.3, 0.4) is 0 Å². The van der Waals surface area contributed by atoms with E-state index in [1.54, 1.807) is 0 Å². The molecule has 0 amide bonds. The van der Waals surface area contributed by atoms with E-state index >= 15 is 0 Å². The number of rotatable bonds is 3. The molecule has 3 atom stereocenters. The van der Waals surface area contributed by atoms with Gasteiger partial charge in [-0.05, 0) is 25.3 Å². The zero-order valence-electron chi connectivity index (χ0n) is 9.70. The van der Waals surface area contributed by atoms with Crippen molar-refractivity contribution in [1.82, 2.24) is 4.98 Å². The first-order valence-electron chi connectivity index (χ1n) is 5.96. The zero-order chi connectivity index (χ0) is 12.7. The summed E-state index contributed by atoms with van der Waals surface area (Å²) >= 11 is 0. The number of nitrogens with two attached hydrogens (primary N) is 1. The number of nitrogen functional groups attached to an aromatic ring is 1. The van der Waals surface area contributed by atoms with Crippen molar-refractivity contribution >= 4 is 17.3 Å². The van der Waals surface area contributed by atoms with E-state index in [-0.39, 0.29) is 35.6 Å². The van der Waals surface area contributed by atoms with E-state index in [0.717, 1.165) is 19.3 Å². The van der Waals surface area contributed by atoms with E-state index in [9.17, 15) is 10.1 Å². The van der Waals surface area contributed by atoms with Crippen molar-refractivity contribution in [3.05, 3.63) is 22.2 Å². The van der Waals surface area contributed by atoms with Crippen molar-refractivity contribution in [2.45, 2.75) is 37.5 Å². The monoisotopic (exact) mass is 250 g/mol. The van der Waals surface area contributed by atoms with Crippen LogP contribution in [0.1, 0.15) is 19.3 Å². The second kappa shape index (κ2) is 4.09. The second-order valence-corrected chi connectivity index (χ2v) is 4.72. The van der Waals surface area contributed by atoms with Crippen molar-refractivity contribution < 1.29 is 9.66 Å². The Kier molecular flexibility index (Phi) is 2.55. The third-order valence-electron chi connectivity index (χ3n) is 3.52. The van der Waals surface area contributed by atoms with E-state index in [2.05, 4.69) is 10.3 Å². The molecule has 0 saturated carbocycles. The van der Waals surface area contributed by atoms with Crippen LogP contribution in [0.25, 0.3) is 0 Å². The SMILES string of the molecule is Nc1ccc([N+](=O)[O-])c(NC2CC3CCC2O3)n1. The van der Waals surface area contributed by atoms with Crippen molar-refractivity contribution in [3.63, 3.8) is 0 Å². The van der Waals surface area contributed by atoms with Crippen LogP contribution < -0.4 is 11.1 Å². The minimum atomic E-state index is -0.456. The Labute approximate surface area is 103 Å². The molecule has 3 rings (SSSR count). The molecule has 2 fully saturated rings. The maximum atomic E-state index is 10.9. The molecule has 0 aromatic carbocycles. The molecule has 3 unspecified atom stereocenters. The number of fused-ring (bicyclic) bond motifs is 2. The number of ether oxygens (including phenoxy) is 1. The topological polar surface area (TPSA) is 103 Å². The standard InChI is InChI=1S/C11H14N4O3/c12-10-4-2-8(15(16)17)11(14-10)13-7-5-6-1-3-9(7)18-6/h2,4,6-7,9H,1,3,5H2,(H3,12,13,14). The lowest BCUT2D eigenvalue weighted by Crippen LogP contribution is -2.31. The van der Waals surface area contributed by atoms with Crippen molar-refractivity contribution in [2.75, 3.05) is 11.1 Å². The largest absolute Gasteiger partial charge is 0.384 e. The fourth-order valence-electron chi connectivity index (χ4n) is 2.69. The lowest BCUT2D eigenvalue weighted by molar-refractivity contribution is -0.384. The third kappa shape index (κ3) is 1.86. The van der Waals surface area contributed by atoms with E-state index in [4.69, 9.17) is 10.5 Å². The number of nitrogens with zero attached hydrogens (tertiary/aromatic N) is 2. The van der Waals surface area contributed by atoms with Crippen molar-refractivity contribution in [3.8, 4) is 0 Å². The van der Waals surface area contributed by atoms with Crippen LogP contribution in [0.15, 0.2) is 12.1 Å².